The molecule has 29 heavy (non-hydrogen) atoms. The maximum atomic E-state index is 12.5. The van der Waals surface area contributed by atoms with Crippen LogP contribution >= 0.6 is 0 Å². The maximum Gasteiger partial charge on any atom is 0.282 e. The lowest BCUT2D eigenvalue weighted by Gasteiger charge is -2.18. The highest BCUT2D eigenvalue weighted by Gasteiger charge is 2.21. The first-order valence-corrected chi connectivity index (χ1v) is 9.80. The molecule has 0 fully saturated rings. The average Bonchev–Trinajstić information content (AvgIpc) is 2.69. The number of hydrogen-bond donors (Lipinski definition) is 3. The summed E-state index contributed by atoms with van der Waals surface area (Å²) in [7, 11) is 0. The summed E-state index contributed by atoms with van der Waals surface area (Å²) in [6, 6.07) is 12.1. The Bertz CT molecular complexity index is 836. The predicted octanol–water partition coefficient (Wildman–Crippen LogP) is 2.23. The Kier molecular flexibility index (Phi) is 8.03. The molecule has 0 heterocycles. The molecule has 0 radical (unpaired) electrons. The van der Waals surface area contributed by atoms with E-state index in [9.17, 15) is 9.59 Å². The average molecular weight is 400 g/mol. The molecule has 7 nitrogen and oxygen atoms in total. The molecule has 0 spiro atoms. The van der Waals surface area contributed by atoms with Crippen LogP contribution < -0.4 is 25.8 Å². The fraction of sp³-hybridized carbons (Fsp3) is 0.364. The van der Waals surface area contributed by atoms with E-state index in [1.807, 2.05) is 51.2 Å². The van der Waals surface area contributed by atoms with Gasteiger partial charge in [0, 0.05) is 16.8 Å². The number of carbonyl (C=O) groups excluding carboxylic acids is 2. The van der Waals surface area contributed by atoms with Gasteiger partial charge in [0.25, 0.3) is 5.91 Å². The monoisotopic (exact) mass is 400 g/mol. The Hall–Kier alpha value is -3.06. The van der Waals surface area contributed by atoms with Crippen LogP contribution in [0.3, 0.4) is 0 Å². The highest BCUT2D eigenvalue weighted by Crippen LogP contribution is 2.30. The Morgan fingerprint density at radius 1 is 1.00 bits per heavy atom. The van der Waals surface area contributed by atoms with Crippen LogP contribution in [0.2, 0.25) is 0 Å². The number of ether oxygens (including phenoxy) is 2. The Morgan fingerprint density at radius 3 is 2.21 bits per heavy atom. The molecule has 0 aromatic heterocycles. The van der Waals surface area contributed by atoms with Crippen molar-refractivity contribution in [1.82, 2.24) is 0 Å². The van der Waals surface area contributed by atoms with Gasteiger partial charge in [-0.25, -0.2) is 0 Å². The van der Waals surface area contributed by atoms with E-state index in [1.165, 1.54) is 0 Å². The lowest BCUT2D eigenvalue weighted by atomic mass is 10.1. The van der Waals surface area contributed by atoms with E-state index in [-0.39, 0.29) is 18.0 Å². The molecule has 2 aromatic carbocycles. The number of nitrogens with one attached hydrogen (secondary N) is 1. The molecule has 0 saturated heterocycles. The van der Waals surface area contributed by atoms with Gasteiger partial charge < -0.3 is 25.8 Å². The second-order valence-corrected chi connectivity index (χ2v) is 6.77. The molecule has 5 N–H and O–H groups in total. The number of amides is 2. The molecule has 7 heteroatoms. The first kappa shape index (κ1) is 22.2. The number of hydrogen-bond acceptors (Lipinski definition) is 4. The zero-order chi connectivity index (χ0) is 21.4. The van der Waals surface area contributed by atoms with Crippen LogP contribution in [0, 0.1) is 0 Å². The summed E-state index contributed by atoms with van der Waals surface area (Å²) in [4.78, 5) is 23.7. The van der Waals surface area contributed by atoms with Crippen LogP contribution in [0.25, 0.3) is 0 Å². The number of primary amides is 1. The van der Waals surface area contributed by atoms with E-state index in [1.54, 1.807) is 24.3 Å². The minimum absolute atomic E-state index is 0.0443. The molecule has 2 atom stereocenters. The minimum Gasteiger partial charge on any atom is -0.490 e. The van der Waals surface area contributed by atoms with Crippen molar-refractivity contribution < 1.29 is 24.4 Å². The van der Waals surface area contributed by atoms with Crippen LogP contribution in [0.4, 0.5) is 5.69 Å². The zero-order valence-electron chi connectivity index (χ0n) is 17.4. The minimum atomic E-state index is -0.500. The van der Waals surface area contributed by atoms with Crippen molar-refractivity contribution >= 4 is 17.5 Å². The van der Waals surface area contributed by atoms with Gasteiger partial charge in [-0.05, 0) is 70.2 Å². The molecule has 156 valence electrons. The van der Waals surface area contributed by atoms with Gasteiger partial charge in [-0.15, -0.1) is 0 Å². The van der Waals surface area contributed by atoms with Crippen molar-refractivity contribution in [3.63, 3.8) is 0 Å². The SMILES string of the molecule is CCOc1ccc([C@H](C)[NH2+][C@@H](C)C(=O)Nc2ccc(C(N)=O)cc2)cc1OCC. The molecule has 2 rings (SSSR count). The van der Waals surface area contributed by atoms with E-state index < -0.39 is 5.91 Å². The third kappa shape index (κ3) is 6.22. The summed E-state index contributed by atoms with van der Waals surface area (Å²) in [5, 5.41) is 4.84. The van der Waals surface area contributed by atoms with Crippen molar-refractivity contribution in [3.8, 4) is 11.5 Å². The molecule has 0 aliphatic carbocycles. The second-order valence-electron chi connectivity index (χ2n) is 6.77. The van der Waals surface area contributed by atoms with Crippen LogP contribution in [0.5, 0.6) is 11.5 Å². The summed E-state index contributed by atoms with van der Waals surface area (Å²) in [5.41, 5.74) is 7.29. The van der Waals surface area contributed by atoms with Crippen LogP contribution in [0.15, 0.2) is 42.5 Å². The summed E-state index contributed by atoms with van der Waals surface area (Å²) < 4.78 is 11.3. The highest BCUT2D eigenvalue weighted by atomic mass is 16.5. The number of rotatable bonds is 10. The normalized spacial score (nSPS) is 12.7. The third-order valence-corrected chi connectivity index (χ3v) is 4.52. The van der Waals surface area contributed by atoms with E-state index in [0.717, 1.165) is 11.3 Å². The topological polar surface area (TPSA) is 107 Å². The van der Waals surface area contributed by atoms with Gasteiger partial charge in [-0.2, -0.15) is 0 Å². The third-order valence-electron chi connectivity index (χ3n) is 4.52. The van der Waals surface area contributed by atoms with E-state index >= 15 is 0 Å². The Balaban J connectivity index is 2.01. The Labute approximate surface area is 171 Å². The standard InChI is InChI=1S/C22H29N3O4/c1-5-28-19-12-9-17(13-20(19)29-6-2)14(3)24-15(4)22(27)25-18-10-7-16(8-11-18)21(23)26/h7-15,24H,5-6H2,1-4H3,(H2,23,26)(H,25,27)/p+1/t14-,15-/m0/s1. The van der Waals surface area contributed by atoms with Crippen molar-refractivity contribution in [1.29, 1.82) is 0 Å². The van der Waals surface area contributed by atoms with Gasteiger partial charge in [-0.1, -0.05) is 0 Å². The second kappa shape index (κ2) is 10.5. The van der Waals surface area contributed by atoms with Crippen molar-refractivity contribution in [2.75, 3.05) is 18.5 Å². The molecule has 0 saturated carbocycles. The predicted molar refractivity (Wildman–Crippen MR) is 112 cm³/mol. The van der Waals surface area contributed by atoms with E-state index in [2.05, 4.69) is 5.32 Å². The lowest BCUT2D eigenvalue weighted by Crippen LogP contribution is -2.91. The van der Waals surface area contributed by atoms with Crippen LogP contribution in [-0.4, -0.2) is 31.1 Å². The quantitative estimate of drug-likeness (QED) is 0.568. The molecular weight excluding hydrogens is 370 g/mol. The van der Waals surface area contributed by atoms with Crippen LogP contribution in [0.1, 0.15) is 49.7 Å². The number of benzene rings is 2. The van der Waals surface area contributed by atoms with E-state index in [0.29, 0.717) is 30.2 Å². The fourth-order valence-corrected chi connectivity index (χ4v) is 2.96. The highest BCUT2D eigenvalue weighted by molar-refractivity contribution is 5.95. The summed E-state index contributed by atoms with van der Waals surface area (Å²) in [6.07, 6.45) is 0. The summed E-state index contributed by atoms with van der Waals surface area (Å²) in [6.45, 7) is 8.87. The van der Waals surface area contributed by atoms with Crippen molar-refractivity contribution in [2.24, 2.45) is 5.73 Å². The lowest BCUT2D eigenvalue weighted by molar-refractivity contribution is -0.709. The number of quaternary nitrogens is 1. The van der Waals surface area contributed by atoms with Gasteiger partial charge in [0.2, 0.25) is 5.91 Å². The van der Waals surface area contributed by atoms with Gasteiger partial charge in [0.15, 0.2) is 17.5 Å². The van der Waals surface area contributed by atoms with E-state index in [4.69, 9.17) is 15.2 Å². The molecular formula is C22H30N3O4+. The Morgan fingerprint density at radius 2 is 1.62 bits per heavy atom. The molecule has 2 aromatic rings. The molecule has 0 aliphatic heterocycles. The summed E-state index contributed by atoms with van der Waals surface area (Å²) >= 11 is 0. The summed E-state index contributed by atoms with van der Waals surface area (Å²) in [5.74, 6) is 0.800. The molecule has 0 unspecified atom stereocenters. The molecule has 0 bridgehead atoms. The first-order chi connectivity index (χ1) is 13.8. The maximum absolute atomic E-state index is 12.5. The van der Waals surface area contributed by atoms with Gasteiger partial charge in [-0.3, -0.25) is 9.59 Å². The van der Waals surface area contributed by atoms with Gasteiger partial charge in [0.1, 0.15) is 6.04 Å². The first-order valence-electron chi connectivity index (χ1n) is 9.80. The van der Waals surface area contributed by atoms with Crippen molar-refractivity contribution in [2.45, 2.75) is 39.8 Å². The smallest absolute Gasteiger partial charge is 0.282 e. The number of carbonyl (C=O) groups is 2. The number of anilines is 1. The van der Waals surface area contributed by atoms with Gasteiger partial charge in [0.05, 0.1) is 13.2 Å². The largest absolute Gasteiger partial charge is 0.490 e. The zero-order valence-corrected chi connectivity index (χ0v) is 17.4. The molecule has 0 aliphatic rings. The van der Waals surface area contributed by atoms with Crippen LogP contribution in [-0.2, 0) is 4.79 Å². The van der Waals surface area contributed by atoms with Crippen molar-refractivity contribution in [3.05, 3.63) is 53.6 Å². The van der Waals surface area contributed by atoms with Gasteiger partial charge >= 0.3 is 0 Å². The fourth-order valence-electron chi connectivity index (χ4n) is 2.96. The number of nitrogens with two attached hydrogens (primary N) is 2. The molecule has 2 amide bonds.